The minimum absolute atomic E-state index is 0.221. The van der Waals surface area contributed by atoms with Crippen LogP contribution in [0, 0.1) is 0 Å². The van der Waals surface area contributed by atoms with E-state index in [0.717, 1.165) is 77.0 Å². The standard InChI is InChI=1S/C59H104O10/c1-3-5-7-9-11-13-15-17-19-21-23-25-26-28-30-32-34-36-38-40-42-44-46-48-55(62)68-52(51-67-59-58(65)57(64)56(63)53(49-60)69-59)50-66-54(61)47-45-43-41-39-37-35-33-31-29-27-24-22-20-18-16-14-12-10-8-6-4-2/h5,7,11,13,17,19,22-25,52-53,56-60,63-65H,3-4,6,8-10,12,14-16,18,20-21,26-51H2,1-2H3/b7-5-,13-11-,19-17-,24-22-,25-23-. The van der Waals surface area contributed by atoms with Crippen LogP contribution in [-0.2, 0) is 28.5 Å². The summed E-state index contributed by atoms with van der Waals surface area (Å²) in [6, 6.07) is 0. The highest BCUT2D eigenvalue weighted by Crippen LogP contribution is 2.23. The molecule has 6 atom stereocenters. The molecule has 10 nitrogen and oxygen atoms in total. The van der Waals surface area contributed by atoms with Gasteiger partial charge in [-0.2, -0.15) is 0 Å². The molecule has 69 heavy (non-hydrogen) atoms. The maximum Gasteiger partial charge on any atom is 0.306 e. The summed E-state index contributed by atoms with van der Waals surface area (Å²) < 4.78 is 22.3. The van der Waals surface area contributed by atoms with Gasteiger partial charge in [-0.3, -0.25) is 9.59 Å². The highest BCUT2D eigenvalue weighted by molar-refractivity contribution is 5.70. The summed E-state index contributed by atoms with van der Waals surface area (Å²) in [5, 5.41) is 40.3. The van der Waals surface area contributed by atoms with Crippen LogP contribution in [0.2, 0.25) is 0 Å². The number of rotatable bonds is 48. The first-order valence-corrected chi connectivity index (χ1v) is 28.4. The molecule has 1 rings (SSSR count). The minimum atomic E-state index is -1.60. The van der Waals surface area contributed by atoms with Crippen LogP contribution >= 0.6 is 0 Å². The van der Waals surface area contributed by atoms with Crippen molar-refractivity contribution in [1.82, 2.24) is 0 Å². The van der Waals surface area contributed by atoms with Crippen LogP contribution in [0.15, 0.2) is 60.8 Å². The summed E-state index contributed by atoms with van der Waals surface area (Å²) in [7, 11) is 0. The molecular weight excluding hydrogens is 869 g/mol. The van der Waals surface area contributed by atoms with Gasteiger partial charge in [0.2, 0.25) is 0 Å². The Balaban J connectivity index is 2.22. The van der Waals surface area contributed by atoms with E-state index >= 15 is 0 Å². The number of esters is 2. The van der Waals surface area contributed by atoms with Crippen LogP contribution in [0.5, 0.6) is 0 Å². The molecule has 6 unspecified atom stereocenters. The zero-order valence-corrected chi connectivity index (χ0v) is 44.1. The fraction of sp³-hybridized carbons (Fsp3) is 0.797. The number of unbranched alkanes of at least 4 members (excludes halogenated alkanes) is 27. The van der Waals surface area contributed by atoms with Gasteiger partial charge in [-0.25, -0.2) is 0 Å². The summed E-state index contributed by atoms with van der Waals surface area (Å²) >= 11 is 0. The molecule has 1 saturated heterocycles. The van der Waals surface area contributed by atoms with E-state index in [0.29, 0.717) is 6.42 Å². The van der Waals surface area contributed by atoms with E-state index < -0.39 is 49.4 Å². The van der Waals surface area contributed by atoms with Crippen LogP contribution in [0.1, 0.15) is 245 Å². The molecule has 0 aliphatic carbocycles. The molecule has 0 aromatic rings. The molecule has 0 spiro atoms. The third-order valence-corrected chi connectivity index (χ3v) is 12.9. The number of hydrogen-bond acceptors (Lipinski definition) is 10. The van der Waals surface area contributed by atoms with Gasteiger partial charge in [0, 0.05) is 12.8 Å². The molecule has 10 heteroatoms. The van der Waals surface area contributed by atoms with Gasteiger partial charge in [0.25, 0.3) is 0 Å². The average Bonchev–Trinajstić information content (AvgIpc) is 3.35. The molecule has 1 heterocycles. The summed E-state index contributed by atoms with van der Waals surface area (Å²) in [5.74, 6) is -0.808. The third kappa shape index (κ3) is 39.7. The lowest BCUT2D eigenvalue weighted by Crippen LogP contribution is -2.59. The Kier molecular flexibility index (Phi) is 45.7. The Bertz CT molecular complexity index is 1310. The molecule has 1 aliphatic heterocycles. The SMILES string of the molecule is CC/C=C\C/C=C\C/C=C\C/C=C\CCCCCCCCCCCCC(=O)OC(COC(=O)CCCCCCCCCCC/C=C\CCCCCCCCCC)COC1OC(CO)C(O)C(O)C1O. The van der Waals surface area contributed by atoms with Crippen molar-refractivity contribution < 1.29 is 49.0 Å². The molecule has 0 aromatic carbocycles. The fourth-order valence-electron chi connectivity index (χ4n) is 8.47. The summed E-state index contributed by atoms with van der Waals surface area (Å²) in [6.45, 7) is 3.34. The molecule has 0 saturated carbocycles. The Morgan fingerprint density at radius 3 is 1.30 bits per heavy atom. The van der Waals surface area contributed by atoms with Crippen molar-refractivity contribution in [2.75, 3.05) is 19.8 Å². The maximum atomic E-state index is 12.9. The highest BCUT2D eigenvalue weighted by Gasteiger charge is 2.44. The smallest absolute Gasteiger partial charge is 0.306 e. The van der Waals surface area contributed by atoms with E-state index in [-0.39, 0.29) is 32.0 Å². The van der Waals surface area contributed by atoms with E-state index in [1.54, 1.807) is 0 Å². The number of carbonyl (C=O) groups is 2. The summed E-state index contributed by atoms with van der Waals surface area (Å²) in [6.07, 6.45) is 55.1. The lowest BCUT2D eigenvalue weighted by molar-refractivity contribution is -0.305. The predicted octanol–water partition coefficient (Wildman–Crippen LogP) is 14.1. The second-order valence-electron chi connectivity index (χ2n) is 19.4. The second-order valence-corrected chi connectivity index (χ2v) is 19.4. The zero-order valence-electron chi connectivity index (χ0n) is 44.1. The van der Waals surface area contributed by atoms with Gasteiger partial charge < -0.3 is 39.4 Å². The molecule has 0 aromatic heterocycles. The van der Waals surface area contributed by atoms with Crippen LogP contribution < -0.4 is 0 Å². The van der Waals surface area contributed by atoms with Gasteiger partial charge in [0.15, 0.2) is 12.4 Å². The average molecular weight is 973 g/mol. The van der Waals surface area contributed by atoms with Crippen LogP contribution in [-0.4, -0.2) is 89.0 Å². The van der Waals surface area contributed by atoms with Crippen molar-refractivity contribution >= 4 is 11.9 Å². The normalized spacial score (nSPS) is 19.3. The third-order valence-electron chi connectivity index (χ3n) is 12.9. The number of allylic oxidation sites excluding steroid dienone is 10. The first kappa shape index (κ1) is 64.4. The quantitative estimate of drug-likeness (QED) is 0.0263. The first-order chi connectivity index (χ1) is 33.8. The van der Waals surface area contributed by atoms with Crippen molar-refractivity contribution in [3.63, 3.8) is 0 Å². The van der Waals surface area contributed by atoms with Crippen molar-refractivity contribution in [2.24, 2.45) is 0 Å². The largest absolute Gasteiger partial charge is 0.462 e. The number of aliphatic hydroxyl groups is 4. The van der Waals surface area contributed by atoms with Gasteiger partial charge in [0.1, 0.15) is 31.0 Å². The Labute approximate surface area is 421 Å². The lowest BCUT2D eigenvalue weighted by Gasteiger charge is -2.39. The molecule has 0 radical (unpaired) electrons. The monoisotopic (exact) mass is 973 g/mol. The molecular formula is C59H104O10. The van der Waals surface area contributed by atoms with Crippen molar-refractivity contribution in [3.8, 4) is 0 Å². The molecule has 1 fully saturated rings. The van der Waals surface area contributed by atoms with E-state index in [1.165, 1.54) is 135 Å². The second kappa shape index (κ2) is 49.0. The number of aliphatic hydroxyl groups excluding tert-OH is 4. The fourth-order valence-corrected chi connectivity index (χ4v) is 8.47. The number of hydrogen-bond donors (Lipinski definition) is 4. The van der Waals surface area contributed by atoms with E-state index in [9.17, 15) is 30.0 Å². The number of ether oxygens (including phenoxy) is 4. The van der Waals surface area contributed by atoms with E-state index in [4.69, 9.17) is 18.9 Å². The van der Waals surface area contributed by atoms with Gasteiger partial charge in [-0.05, 0) is 77.0 Å². The molecule has 4 N–H and O–H groups in total. The van der Waals surface area contributed by atoms with Crippen molar-refractivity contribution in [2.45, 2.75) is 282 Å². The molecule has 0 bridgehead atoms. The van der Waals surface area contributed by atoms with Crippen LogP contribution in [0.25, 0.3) is 0 Å². The van der Waals surface area contributed by atoms with Crippen molar-refractivity contribution in [1.29, 1.82) is 0 Å². The Morgan fingerprint density at radius 1 is 0.464 bits per heavy atom. The van der Waals surface area contributed by atoms with Crippen molar-refractivity contribution in [3.05, 3.63) is 60.8 Å². The van der Waals surface area contributed by atoms with Crippen LogP contribution in [0.4, 0.5) is 0 Å². The predicted molar refractivity (Wildman–Crippen MR) is 284 cm³/mol. The maximum absolute atomic E-state index is 12.9. The zero-order chi connectivity index (χ0) is 50.1. The molecule has 0 amide bonds. The first-order valence-electron chi connectivity index (χ1n) is 28.4. The summed E-state index contributed by atoms with van der Waals surface area (Å²) in [5.41, 5.74) is 0. The van der Waals surface area contributed by atoms with Gasteiger partial charge >= 0.3 is 11.9 Å². The van der Waals surface area contributed by atoms with Crippen LogP contribution in [0.3, 0.4) is 0 Å². The highest BCUT2D eigenvalue weighted by atomic mass is 16.7. The van der Waals surface area contributed by atoms with Gasteiger partial charge in [0.05, 0.1) is 13.2 Å². The van der Waals surface area contributed by atoms with E-state index in [2.05, 4.69) is 74.6 Å². The Morgan fingerprint density at radius 2 is 0.855 bits per heavy atom. The minimum Gasteiger partial charge on any atom is -0.462 e. The number of carbonyl (C=O) groups excluding carboxylic acids is 2. The van der Waals surface area contributed by atoms with E-state index in [1.807, 2.05) is 0 Å². The van der Waals surface area contributed by atoms with Gasteiger partial charge in [-0.15, -0.1) is 0 Å². The molecule has 1 aliphatic rings. The lowest BCUT2D eigenvalue weighted by atomic mass is 9.99. The Hall–Kier alpha value is -2.60. The molecule has 400 valence electrons. The topological polar surface area (TPSA) is 152 Å². The summed E-state index contributed by atoms with van der Waals surface area (Å²) in [4.78, 5) is 25.5. The van der Waals surface area contributed by atoms with Gasteiger partial charge in [-0.1, -0.05) is 216 Å².